The van der Waals surface area contributed by atoms with Crippen molar-refractivity contribution in [2.75, 3.05) is 6.61 Å². The van der Waals surface area contributed by atoms with Crippen molar-refractivity contribution in [2.24, 2.45) is 10.8 Å². The Morgan fingerprint density at radius 2 is 2.13 bits per heavy atom. The molecule has 120 valence electrons. The Morgan fingerprint density at radius 1 is 1.26 bits per heavy atom. The van der Waals surface area contributed by atoms with Crippen molar-refractivity contribution in [3.63, 3.8) is 0 Å². The van der Waals surface area contributed by atoms with E-state index in [9.17, 15) is 4.79 Å². The van der Waals surface area contributed by atoms with Gasteiger partial charge in [-0.1, -0.05) is 30.7 Å². The molecule has 0 radical (unpaired) electrons. The minimum Gasteiger partial charge on any atom is -0.472 e. The van der Waals surface area contributed by atoms with Crippen LogP contribution < -0.4 is 0 Å². The first-order valence-corrected chi connectivity index (χ1v) is 8.33. The normalized spacial score (nSPS) is 32.4. The Morgan fingerprint density at radius 3 is 2.91 bits per heavy atom. The smallest absolute Gasteiger partial charge is 0.334 e. The molecule has 3 nitrogen and oxygen atoms in total. The van der Waals surface area contributed by atoms with Gasteiger partial charge < -0.3 is 9.15 Å². The molecule has 4 rings (SSSR count). The first-order valence-electron chi connectivity index (χ1n) is 8.33. The molecule has 0 bridgehead atoms. The molecule has 2 heterocycles. The summed E-state index contributed by atoms with van der Waals surface area (Å²) in [7, 11) is 0. The highest BCUT2D eigenvalue weighted by Gasteiger charge is 2.55. The van der Waals surface area contributed by atoms with E-state index in [0.717, 1.165) is 31.3 Å². The van der Waals surface area contributed by atoms with E-state index in [4.69, 9.17) is 9.15 Å². The summed E-state index contributed by atoms with van der Waals surface area (Å²) >= 11 is 0. The molecule has 1 aliphatic heterocycles. The Kier molecular flexibility index (Phi) is 3.15. The zero-order valence-electron chi connectivity index (χ0n) is 13.7. The predicted octanol–water partition coefficient (Wildman–Crippen LogP) is 4.37. The molecule has 1 saturated heterocycles. The zero-order chi connectivity index (χ0) is 16.1. The lowest BCUT2D eigenvalue weighted by atomic mass is 9.54. The molecule has 3 heteroatoms. The molecule has 0 N–H and O–H groups in total. The van der Waals surface area contributed by atoms with Crippen LogP contribution in [-0.4, -0.2) is 12.6 Å². The van der Waals surface area contributed by atoms with Crippen molar-refractivity contribution < 1.29 is 13.9 Å². The largest absolute Gasteiger partial charge is 0.472 e. The highest BCUT2D eigenvalue weighted by molar-refractivity contribution is 5.94. The van der Waals surface area contributed by atoms with E-state index < -0.39 is 0 Å². The van der Waals surface area contributed by atoms with Crippen LogP contribution in [0.5, 0.6) is 0 Å². The van der Waals surface area contributed by atoms with Gasteiger partial charge in [-0.2, -0.15) is 0 Å². The fraction of sp³-hybridized carbons (Fsp3) is 0.450. The average Bonchev–Trinajstić information content (AvgIpc) is 3.18. The van der Waals surface area contributed by atoms with Gasteiger partial charge in [-0.05, 0) is 49.8 Å². The van der Waals surface area contributed by atoms with Crippen molar-refractivity contribution in [1.29, 1.82) is 0 Å². The molecule has 1 aromatic rings. The molecule has 0 saturated carbocycles. The molecule has 3 aliphatic rings. The summed E-state index contributed by atoms with van der Waals surface area (Å²) in [5.74, 6) is -0.124. The predicted molar refractivity (Wildman–Crippen MR) is 87.7 cm³/mol. The van der Waals surface area contributed by atoms with Gasteiger partial charge in [0.1, 0.15) is 6.61 Å². The molecule has 0 amide bonds. The number of aryl methyl sites for hydroxylation is 1. The summed E-state index contributed by atoms with van der Waals surface area (Å²) in [6.45, 7) is 5.03. The second kappa shape index (κ2) is 4.98. The van der Waals surface area contributed by atoms with Crippen molar-refractivity contribution in [3.05, 3.63) is 59.1 Å². The Balaban J connectivity index is 1.72. The second-order valence-electron chi connectivity index (χ2n) is 7.18. The molecule has 23 heavy (non-hydrogen) atoms. The van der Waals surface area contributed by atoms with E-state index in [1.807, 2.05) is 12.3 Å². The van der Waals surface area contributed by atoms with Gasteiger partial charge in [0.05, 0.1) is 17.9 Å². The average molecular weight is 310 g/mol. The number of rotatable bonds is 3. The molecule has 2 atom stereocenters. The van der Waals surface area contributed by atoms with Crippen LogP contribution in [0.3, 0.4) is 0 Å². The number of esters is 1. The first kappa shape index (κ1) is 14.6. The van der Waals surface area contributed by atoms with Crippen LogP contribution in [-0.2, 0) is 16.0 Å². The van der Waals surface area contributed by atoms with Crippen molar-refractivity contribution in [1.82, 2.24) is 0 Å². The molecule has 1 aromatic heterocycles. The van der Waals surface area contributed by atoms with E-state index in [1.54, 1.807) is 6.26 Å². The fourth-order valence-corrected chi connectivity index (χ4v) is 4.49. The standard InChI is InChI=1S/C20H22O3/c1-14-6-10-20-13-23-18(21)16(20)4-3-5-17(20)19(14,2)9-7-15-8-11-22-12-15/h4-6,8,11-12H,3,7,9-10,13H2,1-2H3/t19-,20-/m1/s1. The lowest BCUT2D eigenvalue weighted by Gasteiger charge is -2.47. The summed E-state index contributed by atoms with van der Waals surface area (Å²) in [4.78, 5) is 12.1. The Bertz CT molecular complexity index is 735. The van der Waals surface area contributed by atoms with E-state index in [1.165, 1.54) is 16.7 Å². The molecular formula is C20H22O3. The zero-order valence-corrected chi connectivity index (χ0v) is 13.7. The van der Waals surface area contributed by atoms with Gasteiger partial charge in [0, 0.05) is 11.0 Å². The minimum absolute atomic E-state index is 0.0248. The van der Waals surface area contributed by atoms with Gasteiger partial charge in [0.2, 0.25) is 0 Å². The minimum atomic E-state index is -0.222. The van der Waals surface area contributed by atoms with E-state index >= 15 is 0 Å². The molecule has 1 fully saturated rings. The number of carbonyl (C=O) groups is 1. The van der Waals surface area contributed by atoms with E-state index in [2.05, 4.69) is 32.1 Å². The van der Waals surface area contributed by atoms with E-state index in [0.29, 0.717) is 6.61 Å². The summed E-state index contributed by atoms with van der Waals surface area (Å²) in [5, 5.41) is 0. The van der Waals surface area contributed by atoms with Gasteiger partial charge >= 0.3 is 5.97 Å². The number of allylic oxidation sites excluding steroid dienone is 4. The van der Waals surface area contributed by atoms with Crippen molar-refractivity contribution in [3.8, 4) is 0 Å². The quantitative estimate of drug-likeness (QED) is 0.615. The maximum atomic E-state index is 12.1. The van der Waals surface area contributed by atoms with E-state index in [-0.39, 0.29) is 16.8 Å². The van der Waals surface area contributed by atoms with Crippen LogP contribution in [0.4, 0.5) is 0 Å². The molecule has 1 spiro atoms. The first-order chi connectivity index (χ1) is 11.1. The number of cyclic esters (lactones) is 1. The molecule has 0 unspecified atom stereocenters. The van der Waals surface area contributed by atoms with Crippen LogP contribution in [0, 0.1) is 10.8 Å². The van der Waals surface area contributed by atoms with Gasteiger partial charge in [-0.3, -0.25) is 0 Å². The summed E-state index contributed by atoms with van der Waals surface area (Å²) in [6.07, 6.45) is 14.0. The monoisotopic (exact) mass is 310 g/mol. The van der Waals surface area contributed by atoms with Crippen LogP contribution in [0.1, 0.15) is 38.7 Å². The number of carbonyl (C=O) groups excluding carboxylic acids is 1. The third kappa shape index (κ3) is 1.99. The SMILES string of the molecule is CC1=CC[C@@]23COC(=O)C2=CCC=C3[C@]1(C)CCc1ccoc1. The summed E-state index contributed by atoms with van der Waals surface area (Å²) in [6, 6.07) is 2.03. The molecular weight excluding hydrogens is 288 g/mol. The Labute approximate surface area is 136 Å². The maximum Gasteiger partial charge on any atom is 0.334 e. The third-order valence-corrected chi connectivity index (χ3v) is 6.06. The second-order valence-corrected chi connectivity index (χ2v) is 7.18. The van der Waals surface area contributed by atoms with Crippen LogP contribution in [0.15, 0.2) is 58.0 Å². The highest BCUT2D eigenvalue weighted by Crippen LogP contribution is 2.59. The van der Waals surface area contributed by atoms with Crippen molar-refractivity contribution in [2.45, 2.75) is 39.5 Å². The summed E-state index contributed by atoms with van der Waals surface area (Å²) < 4.78 is 10.6. The molecule has 0 aromatic carbocycles. The van der Waals surface area contributed by atoms with Crippen molar-refractivity contribution >= 4 is 5.97 Å². The van der Waals surface area contributed by atoms with Gasteiger partial charge in [-0.25, -0.2) is 4.79 Å². The lowest BCUT2D eigenvalue weighted by molar-refractivity contribution is -0.135. The highest BCUT2D eigenvalue weighted by atomic mass is 16.5. The Hall–Kier alpha value is -2.03. The van der Waals surface area contributed by atoms with Gasteiger partial charge in [0.25, 0.3) is 0 Å². The van der Waals surface area contributed by atoms with Crippen LogP contribution in [0.2, 0.25) is 0 Å². The van der Waals surface area contributed by atoms with Crippen LogP contribution >= 0.6 is 0 Å². The fourth-order valence-electron chi connectivity index (χ4n) is 4.49. The van der Waals surface area contributed by atoms with Gasteiger partial charge in [-0.15, -0.1) is 0 Å². The third-order valence-electron chi connectivity index (χ3n) is 6.06. The topological polar surface area (TPSA) is 39.4 Å². The maximum absolute atomic E-state index is 12.1. The lowest BCUT2D eigenvalue weighted by Crippen LogP contribution is -2.40. The molecule has 2 aliphatic carbocycles. The number of hydrogen-bond acceptors (Lipinski definition) is 3. The van der Waals surface area contributed by atoms with Gasteiger partial charge in [0.15, 0.2) is 0 Å². The number of furan rings is 1. The van der Waals surface area contributed by atoms with Crippen LogP contribution in [0.25, 0.3) is 0 Å². The number of hydrogen-bond donors (Lipinski definition) is 0. The summed E-state index contributed by atoms with van der Waals surface area (Å²) in [5.41, 5.74) is 4.65. The number of ether oxygens (including phenoxy) is 1.